The summed E-state index contributed by atoms with van der Waals surface area (Å²) < 4.78 is 13.1. The van der Waals surface area contributed by atoms with E-state index in [0.717, 1.165) is 5.56 Å². The third-order valence-electron chi connectivity index (χ3n) is 2.84. The molecule has 2 aromatic rings. The van der Waals surface area contributed by atoms with Gasteiger partial charge < -0.3 is 5.73 Å². The predicted octanol–water partition coefficient (Wildman–Crippen LogP) is 3.61. The van der Waals surface area contributed by atoms with E-state index >= 15 is 0 Å². The molecule has 17 heavy (non-hydrogen) atoms. The van der Waals surface area contributed by atoms with Crippen molar-refractivity contribution in [3.05, 3.63) is 57.5 Å². The molecule has 1 heterocycles. The third-order valence-corrected chi connectivity index (χ3v) is 4.14. The first kappa shape index (κ1) is 12.3. The molecule has 0 aliphatic heterocycles. The van der Waals surface area contributed by atoms with Gasteiger partial charge in [-0.1, -0.05) is 12.1 Å². The molecule has 0 aliphatic rings. The van der Waals surface area contributed by atoms with E-state index in [0.29, 0.717) is 6.42 Å². The SMILES string of the molecule is Cc1ccsc1C(C)(N)Cc1cccc(F)c1. The molecule has 1 atom stereocenters. The number of rotatable bonds is 3. The van der Waals surface area contributed by atoms with E-state index < -0.39 is 5.54 Å². The zero-order valence-electron chi connectivity index (χ0n) is 10.0. The van der Waals surface area contributed by atoms with Gasteiger partial charge in [0.2, 0.25) is 0 Å². The summed E-state index contributed by atoms with van der Waals surface area (Å²) in [6.45, 7) is 4.05. The number of hydrogen-bond donors (Lipinski definition) is 1. The van der Waals surface area contributed by atoms with Crippen molar-refractivity contribution in [1.29, 1.82) is 0 Å². The van der Waals surface area contributed by atoms with Gasteiger partial charge in [-0.05, 0) is 55.0 Å². The quantitative estimate of drug-likeness (QED) is 0.883. The number of benzene rings is 1. The number of hydrogen-bond acceptors (Lipinski definition) is 2. The molecule has 0 radical (unpaired) electrons. The van der Waals surface area contributed by atoms with Crippen LogP contribution < -0.4 is 5.73 Å². The topological polar surface area (TPSA) is 26.0 Å². The Morgan fingerprint density at radius 1 is 1.35 bits per heavy atom. The monoisotopic (exact) mass is 249 g/mol. The lowest BCUT2D eigenvalue weighted by Crippen LogP contribution is -2.35. The third kappa shape index (κ3) is 2.73. The maximum absolute atomic E-state index is 13.1. The fraction of sp³-hybridized carbons (Fsp3) is 0.286. The zero-order valence-corrected chi connectivity index (χ0v) is 10.9. The lowest BCUT2D eigenvalue weighted by molar-refractivity contribution is 0.497. The molecular weight excluding hydrogens is 233 g/mol. The van der Waals surface area contributed by atoms with Gasteiger partial charge in [0.1, 0.15) is 5.82 Å². The lowest BCUT2D eigenvalue weighted by atomic mass is 9.90. The molecule has 0 bridgehead atoms. The van der Waals surface area contributed by atoms with E-state index in [1.54, 1.807) is 23.5 Å². The molecule has 1 unspecified atom stereocenters. The minimum Gasteiger partial charge on any atom is -0.321 e. The predicted molar refractivity (Wildman–Crippen MR) is 70.7 cm³/mol. The van der Waals surface area contributed by atoms with Crippen molar-refractivity contribution in [2.75, 3.05) is 0 Å². The highest BCUT2D eigenvalue weighted by Crippen LogP contribution is 2.30. The van der Waals surface area contributed by atoms with Gasteiger partial charge in [-0.2, -0.15) is 0 Å². The van der Waals surface area contributed by atoms with Gasteiger partial charge in [-0.3, -0.25) is 0 Å². The second kappa shape index (κ2) is 4.59. The molecule has 3 heteroatoms. The van der Waals surface area contributed by atoms with Crippen molar-refractivity contribution in [2.24, 2.45) is 5.73 Å². The summed E-state index contributed by atoms with van der Waals surface area (Å²) in [5.41, 5.74) is 8.05. The van der Waals surface area contributed by atoms with Crippen molar-refractivity contribution >= 4 is 11.3 Å². The van der Waals surface area contributed by atoms with Crippen LogP contribution in [0.1, 0.15) is 22.9 Å². The molecule has 1 nitrogen and oxygen atoms in total. The van der Waals surface area contributed by atoms with E-state index in [4.69, 9.17) is 5.73 Å². The summed E-state index contributed by atoms with van der Waals surface area (Å²) in [6.07, 6.45) is 0.645. The van der Waals surface area contributed by atoms with Crippen LogP contribution in [-0.4, -0.2) is 0 Å². The molecule has 2 rings (SSSR count). The second-order valence-electron chi connectivity index (χ2n) is 4.66. The summed E-state index contributed by atoms with van der Waals surface area (Å²) in [6, 6.07) is 8.71. The Hall–Kier alpha value is -1.19. The van der Waals surface area contributed by atoms with Crippen LogP contribution >= 0.6 is 11.3 Å². The molecule has 0 spiro atoms. The number of nitrogens with two attached hydrogens (primary N) is 1. The molecule has 2 N–H and O–H groups in total. The summed E-state index contributed by atoms with van der Waals surface area (Å²) >= 11 is 1.66. The maximum atomic E-state index is 13.1. The average Bonchev–Trinajstić information content (AvgIpc) is 2.64. The normalized spacial score (nSPS) is 14.6. The zero-order chi connectivity index (χ0) is 12.5. The average molecular weight is 249 g/mol. The molecule has 0 amide bonds. The van der Waals surface area contributed by atoms with Gasteiger partial charge in [0.15, 0.2) is 0 Å². The van der Waals surface area contributed by atoms with Gasteiger partial charge in [0.25, 0.3) is 0 Å². The van der Waals surface area contributed by atoms with Crippen LogP contribution in [0.4, 0.5) is 4.39 Å². The van der Waals surface area contributed by atoms with Crippen LogP contribution in [0, 0.1) is 12.7 Å². The first-order chi connectivity index (χ1) is 7.99. The smallest absolute Gasteiger partial charge is 0.123 e. The molecule has 1 aromatic carbocycles. The van der Waals surface area contributed by atoms with Gasteiger partial charge >= 0.3 is 0 Å². The Morgan fingerprint density at radius 3 is 2.71 bits per heavy atom. The highest BCUT2D eigenvalue weighted by atomic mass is 32.1. The lowest BCUT2D eigenvalue weighted by Gasteiger charge is -2.24. The molecule has 1 aromatic heterocycles. The van der Waals surface area contributed by atoms with Crippen LogP contribution in [0.3, 0.4) is 0 Å². The summed E-state index contributed by atoms with van der Waals surface area (Å²) in [4.78, 5) is 1.17. The van der Waals surface area contributed by atoms with Crippen molar-refractivity contribution in [1.82, 2.24) is 0 Å². The van der Waals surface area contributed by atoms with Crippen molar-refractivity contribution in [3.8, 4) is 0 Å². The van der Waals surface area contributed by atoms with E-state index in [2.05, 4.69) is 13.0 Å². The Bertz CT molecular complexity index is 516. The Labute approximate surface area is 105 Å². The number of halogens is 1. The molecule has 0 fully saturated rings. The Balaban J connectivity index is 2.26. The first-order valence-electron chi connectivity index (χ1n) is 5.57. The van der Waals surface area contributed by atoms with Gasteiger partial charge in [-0.25, -0.2) is 4.39 Å². The van der Waals surface area contributed by atoms with Gasteiger partial charge in [0, 0.05) is 4.88 Å². The van der Waals surface area contributed by atoms with Gasteiger partial charge in [0.05, 0.1) is 5.54 Å². The van der Waals surface area contributed by atoms with Crippen LogP contribution in [0.2, 0.25) is 0 Å². The summed E-state index contributed by atoms with van der Waals surface area (Å²) in [5.74, 6) is -0.207. The minimum atomic E-state index is -0.438. The molecule has 0 saturated carbocycles. The van der Waals surface area contributed by atoms with E-state index in [1.807, 2.05) is 18.4 Å². The van der Waals surface area contributed by atoms with Crippen molar-refractivity contribution < 1.29 is 4.39 Å². The Morgan fingerprint density at radius 2 is 2.12 bits per heavy atom. The largest absolute Gasteiger partial charge is 0.321 e. The fourth-order valence-electron chi connectivity index (χ4n) is 2.11. The van der Waals surface area contributed by atoms with Crippen LogP contribution in [0.15, 0.2) is 35.7 Å². The van der Waals surface area contributed by atoms with Gasteiger partial charge in [-0.15, -0.1) is 11.3 Å². The second-order valence-corrected chi connectivity index (χ2v) is 5.57. The minimum absolute atomic E-state index is 0.207. The van der Waals surface area contributed by atoms with Crippen LogP contribution in [0.5, 0.6) is 0 Å². The summed E-state index contributed by atoms with van der Waals surface area (Å²) in [7, 11) is 0. The summed E-state index contributed by atoms with van der Waals surface area (Å²) in [5, 5.41) is 2.04. The Kier molecular flexibility index (Phi) is 3.31. The van der Waals surface area contributed by atoms with E-state index in [9.17, 15) is 4.39 Å². The molecule has 0 saturated heterocycles. The first-order valence-corrected chi connectivity index (χ1v) is 6.45. The molecule has 90 valence electrons. The van der Waals surface area contributed by atoms with Crippen LogP contribution in [-0.2, 0) is 12.0 Å². The highest BCUT2D eigenvalue weighted by molar-refractivity contribution is 7.10. The highest BCUT2D eigenvalue weighted by Gasteiger charge is 2.24. The van der Waals surface area contributed by atoms with E-state index in [-0.39, 0.29) is 5.82 Å². The van der Waals surface area contributed by atoms with Crippen LogP contribution in [0.25, 0.3) is 0 Å². The number of thiophene rings is 1. The molecular formula is C14H16FNS. The van der Waals surface area contributed by atoms with Crippen molar-refractivity contribution in [2.45, 2.75) is 25.8 Å². The standard InChI is InChI=1S/C14H16FNS/c1-10-6-7-17-13(10)14(2,16)9-11-4-3-5-12(15)8-11/h3-8H,9,16H2,1-2H3. The fourth-order valence-corrected chi connectivity index (χ4v) is 3.11. The van der Waals surface area contributed by atoms with E-state index in [1.165, 1.54) is 16.5 Å². The maximum Gasteiger partial charge on any atom is 0.123 e. The van der Waals surface area contributed by atoms with Crippen molar-refractivity contribution in [3.63, 3.8) is 0 Å². The molecule has 0 aliphatic carbocycles. The number of aryl methyl sites for hydroxylation is 1.